The average molecular weight is 392 g/mol. The third-order valence-electron chi connectivity index (χ3n) is 4.14. The highest BCUT2D eigenvalue weighted by Crippen LogP contribution is 2.28. The SMILES string of the molecule is O=C(COC(=O)c1oc2ccccc2c1COc1ccccc1)c1cccs1. The Labute approximate surface area is 165 Å². The number of thiophene rings is 1. The van der Waals surface area contributed by atoms with E-state index >= 15 is 0 Å². The number of para-hydroxylation sites is 2. The number of Topliss-reactive ketones (excluding diaryl/α,β-unsaturated/α-hetero) is 1. The number of fused-ring (bicyclic) bond motifs is 1. The van der Waals surface area contributed by atoms with E-state index in [1.54, 1.807) is 23.6 Å². The molecule has 5 nitrogen and oxygen atoms in total. The van der Waals surface area contributed by atoms with Gasteiger partial charge in [0.05, 0.1) is 10.4 Å². The molecule has 4 aromatic rings. The topological polar surface area (TPSA) is 65.7 Å². The standard InChI is InChI=1S/C22H16O5S/c23-18(20-11-6-12-28-20)14-26-22(24)21-17(13-25-15-7-2-1-3-8-15)16-9-4-5-10-19(16)27-21/h1-12H,13-14H2. The van der Waals surface area contributed by atoms with Crippen molar-refractivity contribution in [2.75, 3.05) is 6.61 Å². The normalized spacial score (nSPS) is 10.7. The van der Waals surface area contributed by atoms with Crippen LogP contribution in [0.2, 0.25) is 0 Å². The summed E-state index contributed by atoms with van der Waals surface area (Å²) in [5, 5.41) is 2.57. The van der Waals surface area contributed by atoms with E-state index in [0.717, 1.165) is 5.39 Å². The largest absolute Gasteiger partial charge is 0.489 e. The summed E-state index contributed by atoms with van der Waals surface area (Å²) >= 11 is 1.31. The first-order valence-electron chi connectivity index (χ1n) is 8.64. The van der Waals surface area contributed by atoms with E-state index in [9.17, 15) is 9.59 Å². The summed E-state index contributed by atoms with van der Waals surface area (Å²) in [7, 11) is 0. The lowest BCUT2D eigenvalue weighted by molar-refractivity contribution is 0.0444. The van der Waals surface area contributed by atoms with Gasteiger partial charge in [-0.3, -0.25) is 4.79 Å². The lowest BCUT2D eigenvalue weighted by atomic mass is 10.1. The van der Waals surface area contributed by atoms with Gasteiger partial charge in [-0.05, 0) is 29.6 Å². The molecule has 2 aromatic carbocycles. The van der Waals surface area contributed by atoms with Crippen molar-refractivity contribution in [3.8, 4) is 5.75 Å². The van der Waals surface area contributed by atoms with Gasteiger partial charge in [0.1, 0.15) is 17.9 Å². The third-order valence-corrected chi connectivity index (χ3v) is 5.05. The van der Waals surface area contributed by atoms with Gasteiger partial charge in [-0.15, -0.1) is 11.3 Å². The number of rotatable bonds is 7. The Morgan fingerprint density at radius 2 is 1.71 bits per heavy atom. The second-order valence-corrected chi connectivity index (χ2v) is 6.93. The summed E-state index contributed by atoms with van der Waals surface area (Å²) in [5.41, 5.74) is 1.15. The molecule has 0 bridgehead atoms. The van der Waals surface area contributed by atoms with Crippen molar-refractivity contribution in [3.63, 3.8) is 0 Å². The Morgan fingerprint density at radius 1 is 0.929 bits per heavy atom. The lowest BCUT2D eigenvalue weighted by Gasteiger charge is -2.07. The maximum absolute atomic E-state index is 12.6. The molecule has 6 heteroatoms. The maximum atomic E-state index is 12.6. The molecule has 0 aliphatic rings. The van der Waals surface area contributed by atoms with E-state index in [2.05, 4.69) is 0 Å². The highest BCUT2D eigenvalue weighted by Gasteiger charge is 2.23. The molecule has 0 aliphatic carbocycles. The summed E-state index contributed by atoms with van der Waals surface area (Å²) in [6.07, 6.45) is 0. The van der Waals surface area contributed by atoms with Gasteiger partial charge in [-0.2, -0.15) is 0 Å². The zero-order valence-electron chi connectivity index (χ0n) is 14.8. The van der Waals surface area contributed by atoms with Gasteiger partial charge in [-0.25, -0.2) is 4.79 Å². The number of esters is 1. The maximum Gasteiger partial charge on any atom is 0.375 e. The molecule has 0 radical (unpaired) electrons. The molecule has 2 aromatic heterocycles. The Kier molecular flexibility index (Phi) is 5.21. The molecule has 0 fully saturated rings. The number of hydrogen-bond acceptors (Lipinski definition) is 6. The molecule has 0 spiro atoms. The Bertz CT molecular complexity index is 1100. The predicted octanol–water partition coefficient (Wildman–Crippen LogP) is 5.11. The Hall–Kier alpha value is -3.38. The molecule has 2 heterocycles. The van der Waals surface area contributed by atoms with Gasteiger partial charge >= 0.3 is 5.97 Å². The minimum Gasteiger partial charge on any atom is -0.489 e. The molecule has 140 valence electrons. The molecular weight excluding hydrogens is 376 g/mol. The molecular formula is C22H16O5S. The molecule has 28 heavy (non-hydrogen) atoms. The van der Waals surface area contributed by atoms with E-state index < -0.39 is 5.97 Å². The van der Waals surface area contributed by atoms with Crippen molar-refractivity contribution < 1.29 is 23.5 Å². The quantitative estimate of drug-likeness (QED) is 0.323. The van der Waals surface area contributed by atoms with Crippen LogP contribution in [0.25, 0.3) is 11.0 Å². The monoisotopic (exact) mass is 392 g/mol. The van der Waals surface area contributed by atoms with Crippen LogP contribution >= 0.6 is 11.3 Å². The second-order valence-electron chi connectivity index (χ2n) is 5.98. The van der Waals surface area contributed by atoms with Crippen molar-refractivity contribution in [3.05, 3.63) is 88.3 Å². The van der Waals surface area contributed by atoms with Crippen LogP contribution in [0.5, 0.6) is 5.75 Å². The van der Waals surface area contributed by atoms with E-state index in [1.807, 2.05) is 48.5 Å². The van der Waals surface area contributed by atoms with Gasteiger partial charge in [0, 0.05) is 5.39 Å². The Balaban J connectivity index is 1.55. The third kappa shape index (κ3) is 3.82. The van der Waals surface area contributed by atoms with Crippen molar-refractivity contribution in [2.45, 2.75) is 6.61 Å². The summed E-state index contributed by atoms with van der Waals surface area (Å²) in [6, 6.07) is 20.1. The van der Waals surface area contributed by atoms with Gasteiger partial charge in [0.25, 0.3) is 0 Å². The van der Waals surface area contributed by atoms with Crippen LogP contribution < -0.4 is 4.74 Å². The fourth-order valence-electron chi connectivity index (χ4n) is 2.78. The van der Waals surface area contributed by atoms with Gasteiger partial charge in [-0.1, -0.05) is 42.5 Å². The average Bonchev–Trinajstić information content (AvgIpc) is 3.39. The first-order valence-corrected chi connectivity index (χ1v) is 9.52. The van der Waals surface area contributed by atoms with Crippen LogP contribution in [-0.2, 0) is 11.3 Å². The van der Waals surface area contributed by atoms with E-state index in [4.69, 9.17) is 13.9 Å². The smallest absolute Gasteiger partial charge is 0.375 e. The van der Waals surface area contributed by atoms with Crippen LogP contribution in [0.1, 0.15) is 25.8 Å². The molecule has 0 saturated carbocycles. The summed E-state index contributed by atoms with van der Waals surface area (Å²) in [6.45, 7) is -0.195. The lowest BCUT2D eigenvalue weighted by Crippen LogP contribution is -2.14. The fraction of sp³-hybridized carbons (Fsp3) is 0.0909. The number of carbonyl (C=O) groups excluding carboxylic acids is 2. The zero-order chi connectivity index (χ0) is 19.3. The number of benzene rings is 2. The predicted molar refractivity (Wildman–Crippen MR) is 106 cm³/mol. The fourth-order valence-corrected chi connectivity index (χ4v) is 3.44. The Morgan fingerprint density at radius 3 is 2.50 bits per heavy atom. The second kappa shape index (κ2) is 8.10. The van der Waals surface area contributed by atoms with Crippen molar-refractivity contribution in [1.82, 2.24) is 0 Å². The molecule has 0 unspecified atom stereocenters. The first kappa shape index (κ1) is 18.0. The molecule has 0 aliphatic heterocycles. The minimum absolute atomic E-state index is 0.0520. The van der Waals surface area contributed by atoms with Gasteiger partial charge in [0.2, 0.25) is 11.5 Å². The van der Waals surface area contributed by atoms with Crippen LogP contribution in [-0.4, -0.2) is 18.4 Å². The van der Waals surface area contributed by atoms with Gasteiger partial charge < -0.3 is 13.9 Å². The molecule has 0 N–H and O–H groups in total. The minimum atomic E-state index is -0.687. The van der Waals surface area contributed by atoms with Crippen molar-refractivity contribution in [2.24, 2.45) is 0 Å². The summed E-state index contributed by atoms with van der Waals surface area (Å²) in [5.74, 6) is -0.203. The van der Waals surface area contributed by atoms with Crippen LogP contribution in [0, 0.1) is 0 Å². The number of hydrogen-bond donors (Lipinski definition) is 0. The number of ketones is 1. The summed E-state index contributed by atoms with van der Waals surface area (Å²) in [4.78, 5) is 25.2. The van der Waals surface area contributed by atoms with E-state index in [-0.39, 0.29) is 24.8 Å². The van der Waals surface area contributed by atoms with Crippen LogP contribution in [0.15, 0.2) is 76.5 Å². The highest BCUT2D eigenvalue weighted by atomic mass is 32.1. The first-order chi connectivity index (χ1) is 13.7. The zero-order valence-corrected chi connectivity index (χ0v) is 15.6. The van der Waals surface area contributed by atoms with E-state index in [1.165, 1.54) is 11.3 Å². The highest BCUT2D eigenvalue weighted by molar-refractivity contribution is 7.12. The number of furan rings is 1. The molecule has 0 atom stereocenters. The summed E-state index contributed by atoms with van der Waals surface area (Å²) < 4.78 is 16.7. The molecule has 4 rings (SSSR count). The van der Waals surface area contributed by atoms with Crippen molar-refractivity contribution in [1.29, 1.82) is 0 Å². The van der Waals surface area contributed by atoms with Crippen LogP contribution in [0.4, 0.5) is 0 Å². The van der Waals surface area contributed by atoms with E-state index in [0.29, 0.717) is 21.8 Å². The molecule has 0 saturated heterocycles. The number of carbonyl (C=O) groups is 2. The van der Waals surface area contributed by atoms with Gasteiger partial charge in [0.15, 0.2) is 6.61 Å². The van der Waals surface area contributed by atoms with Crippen LogP contribution in [0.3, 0.4) is 0 Å². The number of ether oxygens (including phenoxy) is 2. The molecule has 0 amide bonds. The van der Waals surface area contributed by atoms with Crippen molar-refractivity contribution >= 4 is 34.1 Å².